The molecule has 1 N–H and O–H groups in total. The Kier molecular flexibility index (Phi) is 7.11. The van der Waals surface area contributed by atoms with E-state index in [1.807, 2.05) is 18.2 Å². The van der Waals surface area contributed by atoms with Crippen molar-refractivity contribution in [3.8, 4) is 0 Å². The maximum Gasteiger partial charge on any atom is 0.228 e. The SMILES string of the molecule is CNS(=O)(=O)CCCSc1nnc(N2CCOCC2)n1Cc1ccccc1. The first-order chi connectivity index (χ1) is 13.1. The number of thioether (sulfide) groups is 1. The third-order valence-corrected chi connectivity index (χ3v) is 6.78. The van der Waals surface area contributed by atoms with Crippen LogP contribution in [0.4, 0.5) is 5.95 Å². The van der Waals surface area contributed by atoms with Gasteiger partial charge in [0.05, 0.1) is 25.5 Å². The standard InChI is InChI=1S/C17H25N5O3S2/c1-18-27(23,24)13-5-12-26-17-20-19-16(21-8-10-25-11-9-21)22(17)14-15-6-3-2-4-7-15/h2-4,6-7,18H,5,8-14H2,1H3. The van der Waals surface area contributed by atoms with Gasteiger partial charge in [0.2, 0.25) is 16.0 Å². The molecule has 0 saturated carbocycles. The average Bonchev–Trinajstić information content (AvgIpc) is 3.09. The monoisotopic (exact) mass is 411 g/mol. The van der Waals surface area contributed by atoms with Gasteiger partial charge in [-0.25, -0.2) is 13.1 Å². The predicted octanol–water partition coefficient (Wildman–Crippen LogP) is 1.19. The number of hydrogen-bond donors (Lipinski definition) is 1. The van der Waals surface area contributed by atoms with Crippen LogP contribution < -0.4 is 9.62 Å². The summed E-state index contributed by atoms with van der Waals surface area (Å²) in [6, 6.07) is 10.2. The third-order valence-electron chi connectivity index (χ3n) is 4.27. The van der Waals surface area contributed by atoms with E-state index in [0.29, 0.717) is 31.9 Å². The van der Waals surface area contributed by atoms with E-state index in [1.165, 1.54) is 12.6 Å². The molecular formula is C17H25N5O3S2. The minimum absolute atomic E-state index is 0.111. The van der Waals surface area contributed by atoms with Crippen LogP contribution in [0.25, 0.3) is 0 Å². The van der Waals surface area contributed by atoms with Gasteiger partial charge >= 0.3 is 0 Å². The molecule has 0 unspecified atom stereocenters. The lowest BCUT2D eigenvalue weighted by Crippen LogP contribution is -2.38. The van der Waals surface area contributed by atoms with Gasteiger partial charge in [-0.05, 0) is 19.0 Å². The van der Waals surface area contributed by atoms with Crippen molar-refractivity contribution in [2.45, 2.75) is 18.1 Å². The number of hydrogen-bond acceptors (Lipinski definition) is 7. The summed E-state index contributed by atoms with van der Waals surface area (Å²) in [4.78, 5) is 2.19. The third kappa shape index (κ3) is 5.68. The van der Waals surface area contributed by atoms with Crippen molar-refractivity contribution in [2.24, 2.45) is 0 Å². The lowest BCUT2D eigenvalue weighted by Gasteiger charge is -2.28. The van der Waals surface area contributed by atoms with Gasteiger partial charge < -0.3 is 9.64 Å². The molecule has 0 aliphatic carbocycles. The number of anilines is 1. The molecule has 10 heteroatoms. The molecule has 148 valence electrons. The first kappa shape index (κ1) is 20.1. The molecule has 8 nitrogen and oxygen atoms in total. The Morgan fingerprint density at radius 3 is 2.63 bits per heavy atom. The summed E-state index contributed by atoms with van der Waals surface area (Å²) in [6.07, 6.45) is 0.554. The smallest absolute Gasteiger partial charge is 0.228 e. The fraction of sp³-hybridized carbons (Fsp3) is 0.529. The molecule has 0 amide bonds. The maximum absolute atomic E-state index is 11.6. The Hall–Kier alpha value is -1.62. The van der Waals surface area contributed by atoms with Gasteiger partial charge in [-0.3, -0.25) is 4.57 Å². The summed E-state index contributed by atoms with van der Waals surface area (Å²) in [7, 11) is -1.73. The van der Waals surface area contributed by atoms with Crippen molar-refractivity contribution in [1.29, 1.82) is 0 Å². The molecule has 1 aromatic heterocycles. The van der Waals surface area contributed by atoms with E-state index in [2.05, 4.69) is 36.5 Å². The molecule has 0 bridgehead atoms. The molecule has 1 aliphatic rings. The van der Waals surface area contributed by atoms with Gasteiger partial charge in [0, 0.05) is 18.8 Å². The number of aromatic nitrogens is 3. The molecule has 2 heterocycles. The van der Waals surface area contributed by atoms with Gasteiger partial charge in [-0.2, -0.15) is 0 Å². The minimum atomic E-state index is -3.17. The van der Waals surface area contributed by atoms with E-state index in [1.54, 1.807) is 11.8 Å². The highest BCUT2D eigenvalue weighted by molar-refractivity contribution is 7.99. The van der Waals surface area contributed by atoms with Crippen LogP contribution in [-0.4, -0.2) is 68.0 Å². The second-order valence-corrected chi connectivity index (χ2v) is 9.29. The lowest BCUT2D eigenvalue weighted by atomic mass is 10.2. The zero-order valence-corrected chi connectivity index (χ0v) is 17.0. The molecule has 0 atom stereocenters. The molecule has 1 aliphatic heterocycles. The molecule has 0 radical (unpaired) electrons. The van der Waals surface area contributed by atoms with Crippen molar-refractivity contribution in [2.75, 3.05) is 49.8 Å². The van der Waals surface area contributed by atoms with Crippen molar-refractivity contribution in [3.05, 3.63) is 35.9 Å². The van der Waals surface area contributed by atoms with Crippen LogP contribution in [0.2, 0.25) is 0 Å². The average molecular weight is 412 g/mol. The highest BCUT2D eigenvalue weighted by atomic mass is 32.2. The van der Waals surface area contributed by atoms with Gasteiger partial charge in [0.25, 0.3) is 0 Å². The fourth-order valence-corrected chi connectivity index (χ4v) is 4.59. The van der Waals surface area contributed by atoms with Gasteiger partial charge in [-0.15, -0.1) is 10.2 Å². The summed E-state index contributed by atoms with van der Waals surface area (Å²) in [5.41, 5.74) is 1.17. The van der Waals surface area contributed by atoms with Crippen LogP contribution in [0.15, 0.2) is 35.5 Å². The number of rotatable bonds is 9. The molecule has 1 saturated heterocycles. The number of morpholine rings is 1. The Bertz CT molecular complexity index is 820. The summed E-state index contributed by atoms with van der Waals surface area (Å²) in [6.45, 7) is 3.62. The highest BCUT2D eigenvalue weighted by Crippen LogP contribution is 2.24. The van der Waals surface area contributed by atoms with Crippen molar-refractivity contribution < 1.29 is 13.2 Å². The predicted molar refractivity (Wildman–Crippen MR) is 107 cm³/mol. The van der Waals surface area contributed by atoms with Crippen LogP contribution in [0, 0.1) is 0 Å². The van der Waals surface area contributed by atoms with Crippen LogP contribution in [0.5, 0.6) is 0 Å². The van der Waals surface area contributed by atoms with E-state index < -0.39 is 10.0 Å². The Balaban J connectivity index is 1.73. The molecular weight excluding hydrogens is 386 g/mol. The highest BCUT2D eigenvalue weighted by Gasteiger charge is 2.21. The van der Waals surface area contributed by atoms with Crippen molar-refractivity contribution in [3.63, 3.8) is 0 Å². The number of sulfonamides is 1. The molecule has 0 spiro atoms. The van der Waals surface area contributed by atoms with E-state index >= 15 is 0 Å². The number of nitrogens with one attached hydrogen (secondary N) is 1. The topological polar surface area (TPSA) is 89.3 Å². The van der Waals surface area contributed by atoms with Crippen LogP contribution in [0.3, 0.4) is 0 Å². The number of ether oxygens (including phenoxy) is 1. The lowest BCUT2D eigenvalue weighted by molar-refractivity contribution is 0.121. The first-order valence-corrected chi connectivity index (χ1v) is 11.6. The van der Waals surface area contributed by atoms with E-state index in [0.717, 1.165) is 24.2 Å². The Labute approximate surface area is 164 Å². The molecule has 3 rings (SSSR count). The number of nitrogens with zero attached hydrogens (tertiary/aromatic N) is 4. The molecule has 2 aromatic rings. The van der Waals surface area contributed by atoms with E-state index in [-0.39, 0.29) is 5.75 Å². The molecule has 27 heavy (non-hydrogen) atoms. The second-order valence-electron chi connectivity index (χ2n) is 6.18. The van der Waals surface area contributed by atoms with Crippen molar-refractivity contribution >= 4 is 27.7 Å². The maximum atomic E-state index is 11.6. The Morgan fingerprint density at radius 2 is 1.93 bits per heavy atom. The summed E-state index contributed by atoms with van der Waals surface area (Å²) in [5.74, 6) is 1.61. The van der Waals surface area contributed by atoms with Gasteiger partial charge in [0.1, 0.15) is 0 Å². The van der Waals surface area contributed by atoms with Crippen LogP contribution in [0.1, 0.15) is 12.0 Å². The van der Waals surface area contributed by atoms with E-state index in [4.69, 9.17) is 4.74 Å². The summed E-state index contributed by atoms with van der Waals surface area (Å²) < 4.78 is 33.0. The fourth-order valence-electron chi connectivity index (χ4n) is 2.80. The van der Waals surface area contributed by atoms with Gasteiger partial charge in [0.15, 0.2) is 5.16 Å². The summed E-state index contributed by atoms with van der Waals surface area (Å²) in [5, 5.41) is 9.59. The Morgan fingerprint density at radius 1 is 1.19 bits per heavy atom. The minimum Gasteiger partial charge on any atom is -0.378 e. The number of benzene rings is 1. The normalized spacial score (nSPS) is 15.2. The zero-order chi connectivity index (χ0) is 19.1. The summed E-state index contributed by atoms with van der Waals surface area (Å²) >= 11 is 1.54. The van der Waals surface area contributed by atoms with Crippen LogP contribution >= 0.6 is 11.8 Å². The molecule has 1 fully saturated rings. The second kappa shape index (κ2) is 9.54. The van der Waals surface area contributed by atoms with E-state index in [9.17, 15) is 8.42 Å². The quantitative estimate of drug-likeness (QED) is 0.490. The molecule has 1 aromatic carbocycles. The van der Waals surface area contributed by atoms with Gasteiger partial charge in [-0.1, -0.05) is 42.1 Å². The van der Waals surface area contributed by atoms with Crippen molar-refractivity contribution in [1.82, 2.24) is 19.5 Å². The zero-order valence-electron chi connectivity index (χ0n) is 15.4. The first-order valence-electron chi connectivity index (χ1n) is 8.93. The van der Waals surface area contributed by atoms with Crippen LogP contribution in [-0.2, 0) is 21.3 Å². The largest absolute Gasteiger partial charge is 0.378 e.